The summed E-state index contributed by atoms with van der Waals surface area (Å²) < 4.78 is 0. The maximum absolute atomic E-state index is 10.1. The summed E-state index contributed by atoms with van der Waals surface area (Å²) in [6, 6.07) is 26.8. The molecule has 6 rings (SSSR count). The van der Waals surface area contributed by atoms with Crippen molar-refractivity contribution in [2.45, 2.75) is 37.8 Å². The van der Waals surface area contributed by atoms with Crippen molar-refractivity contribution < 1.29 is 5.11 Å². The van der Waals surface area contributed by atoms with Gasteiger partial charge in [-0.1, -0.05) is 42.8 Å². The lowest BCUT2D eigenvalue weighted by Crippen LogP contribution is -2.54. The van der Waals surface area contributed by atoms with Gasteiger partial charge in [0, 0.05) is 43.6 Å². The highest BCUT2D eigenvalue weighted by molar-refractivity contribution is 5.58. The van der Waals surface area contributed by atoms with E-state index in [9.17, 15) is 5.11 Å². The van der Waals surface area contributed by atoms with Crippen molar-refractivity contribution in [3.8, 4) is 5.75 Å². The van der Waals surface area contributed by atoms with Gasteiger partial charge in [0.25, 0.3) is 0 Å². The molecule has 0 radical (unpaired) electrons. The molecule has 170 valence electrons. The van der Waals surface area contributed by atoms with Crippen molar-refractivity contribution in [1.82, 2.24) is 4.90 Å². The molecule has 0 saturated carbocycles. The van der Waals surface area contributed by atoms with Crippen LogP contribution in [0.2, 0.25) is 0 Å². The number of rotatable bonds is 3. The fourth-order valence-corrected chi connectivity index (χ4v) is 6.13. The lowest BCUT2D eigenvalue weighted by molar-refractivity contribution is 0.133. The quantitative estimate of drug-likeness (QED) is 0.606. The van der Waals surface area contributed by atoms with Crippen LogP contribution in [0, 0.1) is 0 Å². The molecule has 0 aliphatic carbocycles. The molecule has 33 heavy (non-hydrogen) atoms. The van der Waals surface area contributed by atoms with Crippen LogP contribution in [0.25, 0.3) is 0 Å². The molecular formula is C29H33N3O. The van der Waals surface area contributed by atoms with Crippen LogP contribution in [-0.2, 0) is 6.42 Å². The molecule has 3 aliphatic heterocycles. The van der Waals surface area contributed by atoms with E-state index in [2.05, 4.69) is 75.4 Å². The molecule has 4 nitrogen and oxygen atoms in total. The van der Waals surface area contributed by atoms with E-state index in [-0.39, 0.29) is 6.04 Å². The second-order valence-corrected chi connectivity index (χ2v) is 9.79. The Hall–Kier alpha value is -2.98. The largest absolute Gasteiger partial charge is 0.508 e. The molecule has 0 bridgehead atoms. The second-order valence-electron chi connectivity index (χ2n) is 9.79. The monoisotopic (exact) mass is 439 g/mol. The number of piperazine rings is 1. The summed E-state index contributed by atoms with van der Waals surface area (Å²) in [7, 11) is 0. The first-order valence-corrected chi connectivity index (χ1v) is 12.5. The highest BCUT2D eigenvalue weighted by atomic mass is 16.3. The van der Waals surface area contributed by atoms with E-state index < -0.39 is 0 Å². The number of nitrogens with zero attached hydrogens (tertiary/aromatic N) is 3. The van der Waals surface area contributed by atoms with Crippen LogP contribution in [0.4, 0.5) is 11.4 Å². The summed E-state index contributed by atoms with van der Waals surface area (Å²) in [6.07, 6.45) is 5.02. The Bertz CT molecular complexity index is 1100. The molecule has 0 spiro atoms. The number of hydrogen-bond donors (Lipinski definition) is 1. The molecule has 3 aliphatic rings. The fraction of sp³-hybridized carbons (Fsp3) is 0.379. The SMILES string of the molecule is Oc1ccc2c(c1)CCN(c1ccccc1)[C@@H]2c1ccc(N2CCN3CCCC[C@@H]3C2)cc1. The molecule has 1 N–H and O–H groups in total. The number of aromatic hydroxyl groups is 1. The Kier molecular flexibility index (Phi) is 5.47. The van der Waals surface area contributed by atoms with Gasteiger partial charge in [0.05, 0.1) is 6.04 Å². The minimum atomic E-state index is 0.154. The fourth-order valence-electron chi connectivity index (χ4n) is 6.13. The van der Waals surface area contributed by atoms with Crippen molar-refractivity contribution in [2.24, 2.45) is 0 Å². The average molecular weight is 440 g/mol. The number of phenols is 1. The Morgan fingerprint density at radius 2 is 1.61 bits per heavy atom. The molecule has 0 aromatic heterocycles. The first-order valence-electron chi connectivity index (χ1n) is 12.5. The smallest absolute Gasteiger partial charge is 0.115 e. The van der Waals surface area contributed by atoms with Crippen LogP contribution in [0.1, 0.15) is 42.0 Å². The van der Waals surface area contributed by atoms with Gasteiger partial charge < -0.3 is 14.9 Å². The van der Waals surface area contributed by atoms with Crippen LogP contribution >= 0.6 is 0 Å². The number of para-hydroxylation sites is 1. The van der Waals surface area contributed by atoms with Gasteiger partial charge in [0.1, 0.15) is 5.75 Å². The zero-order chi connectivity index (χ0) is 22.2. The number of phenolic OH excluding ortho intramolecular Hbond substituents is 1. The maximum atomic E-state index is 10.1. The van der Waals surface area contributed by atoms with Gasteiger partial charge in [-0.25, -0.2) is 0 Å². The van der Waals surface area contributed by atoms with Gasteiger partial charge in [-0.3, -0.25) is 4.90 Å². The Labute approximate surface area is 197 Å². The van der Waals surface area contributed by atoms with Crippen LogP contribution in [0.15, 0.2) is 72.8 Å². The molecule has 3 heterocycles. The molecular weight excluding hydrogens is 406 g/mol. The van der Waals surface area contributed by atoms with E-state index in [1.54, 1.807) is 0 Å². The minimum absolute atomic E-state index is 0.154. The van der Waals surface area contributed by atoms with Gasteiger partial charge in [-0.05, 0) is 78.9 Å². The van der Waals surface area contributed by atoms with Crippen LogP contribution in [0.3, 0.4) is 0 Å². The molecule has 0 amide bonds. The van der Waals surface area contributed by atoms with Gasteiger partial charge in [0.15, 0.2) is 0 Å². The van der Waals surface area contributed by atoms with Crippen molar-refractivity contribution >= 4 is 11.4 Å². The van der Waals surface area contributed by atoms with E-state index in [1.807, 2.05) is 12.1 Å². The molecule has 3 aromatic rings. The Morgan fingerprint density at radius 3 is 2.45 bits per heavy atom. The normalized spacial score (nSPS) is 23.2. The number of fused-ring (bicyclic) bond motifs is 2. The summed E-state index contributed by atoms with van der Waals surface area (Å²) in [4.78, 5) is 7.79. The van der Waals surface area contributed by atoms with Crippen molar-refractivity contribution in [2.75, 3.05) is 42.5 Å². The standard InChI is InChI=1S/C29H33N3O/c33-27-13-14-28-23(20-27)15-17-32(25-6-2-1-3-7-25)29(28)22-9-11-24(12-10-22)31-19-18-30-16-5-4-8-26(30)21-31/h1-3,6-7,9-14,20,26,29,33H,4-5,8,15-19,21H2/t26-,29-/m1/s1. The van der Waals surface area contributed by atoms with Crippen molar-refractivity contribution in [3.05, 3.63) is 89.5 Å². The Morgan fingerprint density at radius 1 is 0.758 bits per heavy atom. The van der Waals surface area contributed by atoms with E-state index in [4.69, 9.17) is 0 Å². The molecule has 4 heteroatoms. The predicted molar refractivity (Wildman–Crippen MR) is 135 cm³/mol. The molecule has 3 aromatic carbocycles. The summed E-state index contributed by atoms with van der Waals surface area (Å²) >= 11 is 0. The topological polar surface area (TPSA) is 30.0 Å². The second kappa shape index (κ2) is 8.75. The summed E-state index contributed by atoms with van der Waals surface area (Å²) in [6.45, 7) is 5.69. The lowest BCUT2D eigenvalue weighted by Gasteiger charge is -2.45. The first kappa shape index (κ1) is 20.6. The van der Waals surface area contributed by atoms with Crippen LogP contribution in [0.5, 0.6) is 5.75 Å². The van der Waals surface area contributed by atoms with E-state index >= 15 is 0 Å². The van der Waals surface area contributed by atoms with E-state index in [0.29, 0.717) is 5.75 Å². The summed E-state index contributed by atoms with van der Waals surface area (Å²) in [5.41, 5.74) is 6.46. The van der Waals surface area contributed by atoms with Gasteiger partial charge in [-0.15, -0.1) is 0 Å². The molecule has 0 unspecified atom stereocenters. The number of hydrogen-bond acceptors (Lipinski definition) is 4. The minimum Gasteiger partial charge on any atom is -0.508 e. The number of anilines is 2. The molecule has 2 fully saturated rings. The summed E-state index contributed by atoms with van der Waals surface area (Å²) in [5.74, 6) is 0.359. The molecule has 2 saturated heterocycles. The van der Waals surface area contributed by atoms with Crippen molar-refractivity contribution in [3.63, 3.8) is 0 Å². The average Bonchev–Trinajstić information content (AvgIpc) is 2.88. The summed E-state index contributed by atoms with van der Waals surface area (Å²) in [5, 5.41) is 10.1. The third-order valence-corrected chi connectivity index (χ3v) is 7.85. The van der Waals surface area contributed by atoms with Gasteiger partial charge in [0.2, 0.25) is 0 Å². The lowest BCUT2D eigenvalue weighted by atomic mass is 9.87. The zero-order valence-electron chi connectivity index (χ0n) is 19.2. The van der Waals surface area contributed by atoms with Gasteiger partial charge >= 0.3 is 0 Å². The maximum Gasteiger partial charge on any atom is 0.115 e. The zero-order valence-corrected chi connectivity index (χ0v) is 19.2. The number of piperidine rings is 1. The Balaban J connectivity index is 1.31. The predicted octanol–water partition coefficient (Wildman–Crippen LogP) is 5.22. The third kappa shape index (κ3) is 3.97. The number of benzene rings is 3. The highest BCUT2D eigenvalue weighted by Crippen LogP contribution is 2.40. The van der Waals surface area contributed by atoms with Crippen LogP contribution in [-0.4, -0.2) is 48.8 Å². The van der Waals surface area contributed by atoms with Crippen molar-refractivity contribution in [1.29, 1.82) is 0 Å². The van der Waals surface area contributed by atoms with E-state index in [0.717, 1.165) is 32.1 Å². The third-order valence-electron chi connectivity index (χ3n) is 7.85. The first-order chi connectivity index (χ1) is 16.3. The van der Waals surface area contributed by atoms with Gasteiger partial charge in [-0.2, -0.15) is 0 Å². The van der Waals surface area contributed by atoms with Crippen LogP contribution < -0.4 is 9.80 Å². The molecule has 2 atom stereocenters. The highest BCUT2D eigenvalue weighted by Gasteiger charge is 2.31. The van der Waals surface area contributed by atoms with E-state index in [1.165, 1.54) is 60.4 Å².